The highest BCUT2D eigenvalue weighted by Gasteiger charge is 2.17. The fraction of sp³-hybridized carbons (Fsp3) is 0.500. The minimum atomic E-state index is -0.554. The number of nitro groups is 1. The SMILES string of the molecule is C=C(/C=C(C#N)\C(=C/C)[N+](=O)[O-])N(CC)CC(C)C. The molecule has 0 aliphatic carbocycles. The number of allylic oxidation sites excluding steroid dienone is 3. The van der Waals surface area contributed by atoms with Crippen LogP contribution in [0.15, 0.2) is 35.7 Å². The standard InChI is InChI=1S/C14H21N3O2/c1-6-14(17(18)19)13(9-15)8-12(5)16(7-2)10-11(3)4/h6,8,11H,5,7,10H2,1-4H3/b13-8-,14-6+. The third kappa shape index (κ3) is 5.38. The molecule has 0 aromatic rings. The molecule has 5 heteroatoms. The molecule has 0 spiro atoms. The van der Waals surface area contributed by atoms with E-state index < -0.39 is 4.92 Å². The number of likely N-dealkylation sites (N-methyl/N-ethyl adjacent to an activating group) is 1. The molecule has 0 aromatic heterocycles. The van der Waals surface area contributed by atoms with Crippen molar-refractivity contribution in [1.82, 2.24) is 4.90 Å². The van der Waals surface area contributed by atoms with Crippen LogP contribution in [0.3, 0.4) is 0 Å². The van der Waals surface area contributed by atoms with Gasteiger partial charge in [0.1, 0.15) is 11.6 Å². The smallest absolute Gasteiger partial charge is 0.282 e. The lowest BCUT2D eigenvalue weighted by atomic mass is 10.1. The molecule has 0 radical (unpaired) electrons. The minimum absolute atomic E-state index is 0.0275. The predicted molar refractivity (Wildman–Crippen MR) is 75.7 cm³/mol. The molecule has 0 rings (SSSR count). The van der Waals surface area contributed by atoms with E-state index in [0.717, 1.165) is 13.1 Å². The molecule has 0 aliphatic rings. The number of hydrogen-bond acceptors (Lipinski definition) is 4. The summed E-state index contributed by atoms with van der Waals surface area (Å²) in [6.45, 7) is 13.1. The van der Waals surface area contributed by atoms with Gasteiger partial charge >= 0.3 is 0 Å². The highest BCUT2D eigenvalue weighted by molar-refractivity contribution is 5.41. The van der Waals surface area contributed by atoms with Crippen molar-refractivity contribution in [1.29, 1.82) is 5.26 Å². The molecular weight excluding hydrogens is 242 g/mol. The number of nitrogens with zero attached hydrogens (tertiary/aromatic N) is 3. The van der Waals surface area contributed by atoms with Gasteiger partial charge in [0.25, 0.3) is 5.70 Å². The van der Waals surface area contributed by atoms with Crippen molar-refractivity contribution in [2.45, 2.75) is 27.7 Å². The first-order valence-electron chi connectivity index (χ1n) is 6.24. The van der Waals surface area contributed by atoms with Gasteiger partial charge in [-0.2, -0.15) is 5.26 Å². The Kier molecular flexibility index (Phi) is 7.20. The van der Waals surface area contributed by atoms with Gasteiger partial charge in [0.2, 0.25) is 0 Å². The summed E-state index contributed by atoms with van der Waals surface area (Å²) in [5, 5.41) is 19.9. The van der Waals surface area contributed by atoms with Gasteiger partial charge in [0, 0.05) is 18.8 Å². The van der Waals surface area contributed by atoms with Gasteiger partial charge in [0.05, 0.1) is 4.92 Å². The molecule has 0 saturated carbocycles. The Morgan fingerprint density at radius 2 is 2.16 bits per heavy atom. The Morgan fingerprint density at radius 3 is 2.47 bits per heavy atom. The van der Waals surface area contributed by atoms with Gasteiger partial charge in [-0.25, -0.2) is 0 Å². The lowest BCUT2D eigenvalue weighted by Gasteiger charge is -2.25. The van der Waals surface area contributed by atoms with Crippen molar-refractivity contribution >= 4 is 0 Å². The van der Waals surface area contributed by atoms with E-state index in [1.807, 2.05) is 17.9 Å². The molecule has 0 aliphatic heterocycles. The van der Waals surface area contributed by atoms with E-state index >= 15 is 0 Å². The lowest BCUT2D eigenvalue weighted by molar-refractivity contribution is -0.420. The van der Waals surface area contributed by atoms with Gasteiger partial charge in [-0.05, 0) is 31.9 Å². The molecule has 0 N–H and O–H groups in total. The van der Waals surface area contributed by atoms with Gasteiger partial charge in [-0.15, -0.1) is 0 Å². The first kappa shape index (κ1) is 16.9. The summed E-state index contributed by atoms with van der Waals surface area (Å²) in [5.74, 6) is 0.451. The van der Waals surface area contributed by atoms with Crippen LogP contribution in [0.5, 0.6) is 0 Å². The zero-order valence-corrected chi connectivity index (χ0v) is 12.0. The fourth-order valence-electron chi connectivity index (χ4n) is 1.67. The molecule has 5 nitrogen and oxygen atoms in total. The number of hydrogen-bond donors (Lipinski definition) is 0. The summed E-state index contributed by atoms with van der Waals surface area (Å²) in [5.41, 5.74) is 0.456. The van der Waals surface area contributed by atoms with Crippen molar-refractivity contribution < 1.29 is 4.92 Å². The quantitative estimate of drug-likeness (QED) is 0.306. The molecular formula is C14H21N3O2. The van der Waals surface area contributed by atoms with Crippen LogP contribution in [0.25, 0.3) is 0 Å². The monoisotopic (exact) mass is 263 g/mol. The van der Waals surface area contributed by atoms with Crippen LogP contribution in [0.1, 0.15) is 27.7 Å². The second-order valence-electron chi connectivity index (χ2n) is 4.52. The molecule has 104 valence electrons. The normalized spacial score (nSPS) is 12.2. The van der Waals surface area contributed by atoms with Crippen LogP contribution in [0.2, 0.25) is 0 Å². The van der Waals surface area contributed by atoms with Crippen molar-refractivity contribution in [2.75, 3.05) is 13.1 Å². The zero-order valence-electron chi connectivity index (χ0n) is 12.0. The summed E-state index contributed by atoms with van der Waals surface area (Å²) < 4.78 is 0. The molecule has 19 heavy (non-hydrogen) atoms. The third-order valence-corrected chi connectivity index (χ3v) is 2.55. The molecule has 0 unspecified atom stereocenters. The maximum Gasteiger partial charge on any atom is 0.282 e. The van der Waals surface area contributed by atoms with E-state index in [1.54, 1.807) is 0 Å². The molecule has 0 amide bonds. The second-order valence-corrected chi connectivity index (χ2v) is 4.52. The molecule has 0 saturated heterocycles. The van der Waals surface area contributed by atoms with Gasteiger partial charge in [0.15, 0.2) is 0 Å². The van der Waals surface area contributed by atoms with E-state index in [-0.39, 0.29) is 11.3 Å². The van der Waals surface area contributed by atoms with Crippen molar-refractivity contribution in [3.8, 4) is 6.07 Å². The average Bonchev–Trinajstić information content (AvgIpc) is 2.34. The summed E-state index contributed by atoms with van der Waals surface area (Å²) >= 11 is 0. The van der Waals surface area contributed by atoms with E-state index in [1.165, 1.54) is 19.1 Å². The number of rotatable bonds is 7. The van der Waals surface area contributed by atoms with Crippen LogP contribution in [0.4, 0.5) is 0 Å². The van der Waals surface area contributed by atoms with Gasteiger partial charge < -0.3 is 4.90 Å². The van der Waals surface area contributed by atoms with Crippen molar-refractivity contribution in [2.24, 2.45) is 5.92 Å². The first-order valence-corrected chi connectivity index (χ1v) is 6.24. The topological polar surface area (TPSA) is 70.2 Å². The molecule has 0 aromatic carbocycles. The van der Waals surface area contributed by atoms with Crippen LogP contribution in [0, 0.1) is 27.4 Å². The zero-order chi connectivity index (χ0) is 15.0. The van der Waals surface area contributed by atoms with Gasteiger partial charge in [-0.1, -0.05) is 20.4 Å². The third-order valence-electron chi connectivity index (χ3n) is 2.55. The van der Waals surface area contributed by atoms with E-state index in [2.05, 4.69) is 20.4 Å². The molecule has 0 heterocycles. The van der Waals surface area contributed by atoms with Crippen molar-refractivity contribution in [3.05, 3.63) is 45.8 Å². The maximum atomic E-state index is 10.8. The molecule has 0 bridgehead atoms. The maximum absolute atomic E-state index is 10.8. The summed E-state index contributed by atoms with van der Waals surface area (Å²) in [4.78, 5) is 12.3. The lowest BCUT2D eigenvalue weighted by Crippen LogP contribution is -2.26. The van der Waals surface area contributed by atoms with Gasteiger partial charge in [-0.3, -0.25) is 10.1 Å². The predicted octanol–water partition coefficient (Wildman–Crippen LogP) is 3.11. The Labute approximate surface area is 114 Å². The number of nitriles is 1. The second kappa shape index (κ2) is 8.09. The summed E-state index contributed by atoms with van der Waals surface area (Å²) in [6.07, 6.45) is 2.80. The fourth-order valence-corrected chi connectivity index (χ4v) is 1.67. The Hall–Kier alpha value is -2.09. The largest absolute Gasteiger partial charge is 0.372 e. The Bertz CT molecular complexity index is 442. The average molecular weight is 263 g/mol. The Balaban J connectivity index is 5.23. The van der Waals surface area contributed by atoms with E-state index in [0.29, 0.717) is 11.6 Å². The van der Waals surface area contributed by atoms with E-state index in [4.69, 9.17) is 5.26 Å². The van der Waals surface area contributed by atoms with E-state index in [9.17, 15) is 10.1 Å². The van der Waals surface area contributed by atoms with Crippen LogP contribution < -0.4 is 0 Å². The summed E-state index contributed by atoms with van der Waals surface area (Å²) in [6, 6.07) is 1.86. The minimum Gasteiger partial charge on any atom is -0.372 e. The first-order chi connectivity index (χ1) is 8.87. The highest BCUT2D eigenvalue weighted by atomic mass is 16.6. The summed E-state index contributed by atoms with van der Waals surface area (Å²) in [7, 11) is 0. The van der Waals surface area contributed by atoms with Crippen molar-refractivity contribution in [3.63, 3.8) is 0 Å². The highest BCUT2D eigenvalue weighted by Crippen LogP contribution is 2.15. The van der Waals surface area contributed by atoms with Crippen LogP contribution in [-0.4, -0.2) is 22.9 Å². The Morgan fingerprint density at radius 1 is 1.58 bits per heavy atom. The molecule has 0 fully saturated rings. The molecule has 0 atom stereocenters. The van der Waals surface area contributed by atoms with Crippen LogP contribution in [-0.2, 0) is 0 Å². The van der Waals surface area contributed by atoms with Crippen LogP contribution >= 0.6 is 0 Å².